The second-order valence-corrected chi connectivity index (χ2v) is 2.56. The molecule has 0 radical (unpaired) electrons. The lowest BCUT2D eigenvalue weighted by molar-refractivity contribution is 0.885. The zero-order valence-electron chi connectivity index (χ0n) is 6.24. The number of nitrogens with zero attached hydrogens (tertiary/aromatic N) is 2. The summed E-state index contributed by atoms with van der Waals surface area (Å²) in [5.74, 6) is 5.93. The minimum absolute atomic E-state index is 0.305. The van der Waals surface area contributed by atoms with Crippen LogP contribution in [-0.2, 0) is 6.42 Å². The first-order chi connectivity index (χ1) is 5.15. The van der Waals surface area contributed by atoms with Crippen molar-refractivity contribution in [1.82, 2.24) is 9.66 Å². The highest BCUT2D eigenvalue weighted by Crippen LogP contribution is 2.06. The molecule has 0 aromatic carbocycles. The van der Waals surface area contributed by atoms with E-state index in [1.807, 2.05) is 6.92 Å². The molecule has 60 valence electrons. The van der Waals surface area contributed by atoms with Crippen molar-refractivity contribution in [3.8, 4) is 0 Å². The molecule has 0 aliphatic rings. The van der Waals surface area contributed by atoms with Gasteiger partial charge in [-0.2, -0.15) is 0 Å². The number of aryl methyl sites for hydroxylation is 1. The Labute approximate surface area is 69.8 Å². The van der Waals surface area contributed by atoms with Gasteiger partial charge in [-0.15, -0.1) is 0 Å². The SMILES string of the molecule is CCc1cn(N)c(=S)nc1N. The van der Waals surface area contributed by atoms with Crippen LogP contribution >= 0.6 is 12.2 Å². The van der Waals surface area contributed by atoms with Crippen LogP contribution in [0.15, 0.2) is 6.20 Å². The third kappa shape index (κ3) is 1.48. The van der Waals surface area contributed by atoms with Gasteiger partial charge in [-0.05, 0) is 18.6 Å². The first-order valence-corrected chi connectivity index (χ1v) is 3.69. The van der Waals surface area contributed by atoms with E-state index in [4.69, 9.17) is 23.8 Å². The number of aromatic nitrogens is 2. The standard InChI is InChI=1S/C6H10N4S/c1-2-4-3-10(8)6(11)9-5(4)7/h3H,2,8H2,1H3,(H2,7,9,11). The summed E-state index contributed by atoms with van der Waals surface area (Å²) in [6.45, 7) is 1.98. The number of nitrogen functional groups attached to an aromatic ring is 2. The Balaban J connectivity index is 3.32. The highest BCUT2D eigenvalue weighted by atomic mass is 32.1. The molecule has 0 bridgehead atoms. The molecule has 0 atom stereocenters. The van der Waals surface area contributed by atoms with Gasteiger partial charge in [0, 0.05) is 11.8 Å². The molecule has 0 saturated heterocycles. The Bertz CT molecular complexity index is 317. The smallest absolute Gasteiger partial charge is 0.220 e. The van der Waals surface area contributed by atoms with E-state index >= 15 is 0 Å². The van der Waals surface area contributed by atoms with Crippen molar-refractivity contribution < 1.29 is 0 Å². The van der Waals surface area contributed by atoms with Crippen molar-refractivity contribution in [1.29, 1.82) is 0 Å². The summed E-state index contributed by atoms with van der Waals surface area (Å²) in [7, 11) is 0. The average molecular weight is 170 g/mol. The Kier molecular flexibility index (Phi) is 2.09. The van der Waals surface area contributed by atoms with Crippen molar-refractivity contribution in [2.45, 2.75) is 13.3 Å². The monoisotopic (exact) mass is 170 g/mol. The lowest BCUT2D eigenvalue weighted by Crippen LogP contribution is -2.14. The third-order valence-corrected chi connectivity index (χ3v) is 1.74. The van der Waals surface area contributed by atoms with Crippen molar-refractivity contribution in [3.05, 3.63) is 16.5 Å². The van der Waals surface area contributed by atoms with E-state index in [0.717, 1.165) is 12.0 Å². The second kappa shape index (κ2) is 2.87. The van der Waals surface area contributed by atoms with Crippen LogP contribution in [0.4, 0.5) is 5.82 Å². The normalized spacial score (nSPS) is 9.91. The van der Waals surface area contributed by atoms with Gasteiger partial charge in [0.1, 0.15) is 5.82 Å². The van der Waals surface area contributed by atoms with Gasteiger partial charge < -0.3 is 11.6 Å². The Morgan fingerprint density at radius 1 is 1.73 bits per heavy atom. The van der Waals surface area contributed by atoms with Gasteiger partial charge in [-0.25, -0.2) is 9.66 Å². The van der Waals surface area contributed by atoms with Crippen LogP contribution in [0.3, 0.4) is 0 Å². The Morgan fingerprint density at radius 2 is 2.36 bits per heavy atom. The third-order valence-electron chi connectivity index (χ3n) is 1.44. The van der Waals surface area contributed by atoms with Crippen molar-refractivity contribution in [2.24, 2.45) is 0 Å². The van der Waals surface area contributed by atoms with Crippen molar-refractivity contribution in [2.75, 3.05) is 11.6 Å². The average Bonchev–Trinajstić information content (AvgIpc) is 1.97. The molecule has 0 spiro atoms. The molecule has 0 aliphatic carbocycles. The van der Waals surface area contributed by atoms with E-state index in [9.17, 15) is 0 Å². The molecule has 1 aromatic rings. The first kappa shape index (κ1) is 8.00. The van der Waals surface area contributed by atoms with Crippen molar-refractivity contribution >= 4 is 18.0 Å². The summed E-state index contributed by atoms with van der Waals surface area (Å²) in [5.41, 5.74) is 6.47. The number of rotatable bonds is 1. The summed E-state index contributed by atoms with van der Waals surface area (Å²) >= 11 is 4.80. The summed E-state index contributed by atoms with van der Waals surface area (Å²) in [4.78, 5) is 3.87. The Hall–Kier alpha value is -1.10. The van der Waals surface area contributed by atoms with Gasteiger partial charge in [-0.3, -0.25) is 0 Å². The summed E-state index contributed by atoms with van der Waals surface area (Å²) < 4.78 is 1.60. The van der Waals surface area contributed by atoms with Crippen molar-refractivity contribution in [3.63, 3.8) is 0 Å². The molecule has 11 heavy (non-hydrogen) atoms. The minimum Gasteiger partial charge on any atom is -0.383 e. The highest BCUT2D eigenvalue weighted by molar-refractivity contribution is 7.71. The second-order valence-electron chi connectivity index (χ2n) is 2.19. The lowest BCUT2D eigenvalue weighted by atomic mass is 10.2. The zero-order valence-corrected chi connectivity index (χ0v) is 7.06. The fraction of sp³-hybridized carbons (Fsp3) is 0.333. The number of hydrogen-bond donors (Lipinski definition) is 2. The van der Waals surface area contributed by atoms with E-state index in [1.165, 1.54) is 4.68 Å². The van der Waals surface area contributed by atoms with Gasteiger partial charge in [0.05, 0.1) is 0 Å². The van der Waals surface area contributed by atoms with E-state index in [2.05, 4.69) is 4.98 Å². The fourth-order valence-electron chi connectivity index (χ4n) is 0.794. The van der Waals surface area contributed by atoms with Crippen LogP contribution in [0.25, 0.3) is 0 Å². The van der Waals surface area contributed by atoms with Gasteiger partial charge in [0.15, 0.2) is 0 Å². The van der Waals surface area contributed by atoms with Crippen LogP contribution in [-0.4, -0.2) is 9.66 Å². The molecular weight excluding hydrogens is 160 g/mol. The maximum absolute atomic E-state index is 5.55. The molecule has 0 fully saturated rings. The topological polar surface area (TPSA) is 69.9 Å². The number of nitrogens with two attached hydrogens (primary N) is 2. The van der Waals surface area contributed by atoms with Crippen LogP contribution < -0.4 is 11.6 Å². The van der Waals surface area contributed by atoms with E-state index in [0.29, 0.717) is 10.6 Å². The Morgan fingerprint density at radius 3 is 2.91 bits per heavy atom. The van der Waals surface area contributed by atoms with Crippen LogP contribution in [0.1, 0.15) is 12.5 Å². The van der Waals surface area contributed by atoms with Gasteiger partial charge in [0.2, 0.25) is 4.77 Å². The highest BCUT2D eigenvalue weighted by Gasteiger charge is 1.98. The molecule has 1 aromatic heterocycles. The van der Waals surface area contributed by atoms with E-state index in [1.54, 1.807) is 6.20 Å². The molecule has 0 saturated carbocycles. The molecule has 4 nitrogen and oxygen atoms in total. The first-order valence-electron chi connectivity index (χ1n) is 3.28. The molecule has 0 aliphatic heterocycles. The van der Waals surface area contributed by atoms with Gasteiger partial charge in [-0.1, -0.05) is 6.92 Å². The molecule has 1 rings (SSSR count). The van der Waals surface area contributed by atoms with E-state index in [-0.39, 0.29) is 0 Å². The number of anilines is 1. The largest absolute Gasteiger partial charge is 0.383 e. The van der Waals surface area contributed by atoms with Crippen LogP contribution in [0.5, 0.6) is 0 Å². The molecule has 0 amide bonds. The molecular formula is C6H10N4S. The molecule has 5 heteroatoms. The quantitative estimate of drug-likeness (QED) is 0.475. The molecule has 4 N–H and O–H groups in total. The summed E-state index contributed by atoms with van der Waals surface area (Å²) in [6, 6.07) is 0. The van der Waals surface area contributed by atoms with Gasteiger partial charge in [0.25, 0.3) is 0 Å². The molecule has 0 unspecified atom stereocenters. The van der Waals surface area contributed by atoms with Crippen LogP contribution in [0, 0.1) is 4.77 Å². The lowest BCUT2D eigenvalue weighted by Gasteiger charge is -2.03. The summed E-state index contributed by atoms with van der Waals surface area (Å²) in [6.07, 6.45) is 2.51. The molecule has 1 heterocycles. The fourth-order valence-corrected chi connectivity index (χ4v) is 0.945. The predicted molar refractivity (Wildman–Crippen MR) is 47.0 cm³/mol. The van der Waals surface area contributed by atoms with Crippen LogP contribution in [0.2, 0.25) is 0 Å². The summed E-state index contributed by atoms with van der Waals surface area (Å²) in [5, 5.41) is 0. The van der Waals surface area contributed by atoms with Gasteiger partial charge >= 0.3 is 0 Å². The maximum atomic E-state index is 5.55. The predicted octanol–water partition coefficient (Wildman–Crippen LogP) is 0.471. The minimum atomic E-state index is 0.305. The maximum Gasteiger partial charge on any atom is 0.220 e. The van der Waals surface area contributed by atoms with E-state index < -0.39 is 0 Å². The zero-order chi connectivity index (χ0) is 8.43. The number of hydrogen-bond acceptors (Lipinski definition) is 4.